The summed E-state index contributed by atoms with van der Waals surface area (Å²) in [6, 6.07) is 3.91. The first-order valence-corrected chi connectivity index (χ1v) is 7.38. The minimum absolute atomic E-state index is 0.268. The molecule has 0 aromatic heterocycles. The largest absolute Gasteiger partial charge is 0.493 e. The monoisotopic (exact) mass is 299 g/mol. The van der Waals surface area contributed by atoms with Gasteiger partial charge in [-0.25, -0.2) is 0 Å². The van der Waals surface area contributed by atoms with Crippen LogP contribution in [0.3, 0.4) is 0 Å². The zero-order valence-corrected chi connectivity index (χ0v) is 12.8. The van der Waals surface area contributed by atoms with Crippen LogP contribution >= 0.6 is 11.6 Å². The summed E-state index contributed by atoms with van der Waals surface area (Å²) < 4.78 is 10.9. The van der Waals surface area contributed by atoms with Crippen molar-refractivity contribution < 1.29 is 14.6 Å². The first-order valence-electron chi connectivity index (χ1n) is 7.00. The van der Waals surface area contributed by atoms with E-state index in [-0.39, 0.29) is 6.61 Å². The molecule has 2 rings (SSSR count). The van der Waals surface area contributed by atoms with Gasteiger partial charge < -0.3 is 14.6 Å². The van der Waals surface area contributed by atoms with Crippen molar-refractivity contribution in [1.29, 1.82) is 0 Å². The third kappa shape index (κ3) is 3.57. The molecule has 1 aliphatic heterocycles. The van der Waals surface area contributed by atoms with Crippen LogP contribution in [0.15, 0.2) is 12.1 Å². The van der Waals surface area contributed by atoms with Crippen LogP contribution in [0.4, 0.5) is 0 Å². The average Bonchev–Trinajstić information content (AvgIpc) is 2.89. The fourth-order valence-electron chi connectivity index (χ4n) is 2.61. The van der Waals surface area contributed by atoms with Crippen LogP contribution in [0.1, 0.15) is 18.9 Å². The number of rotatable bonds is 6. The molecule has 1 unspecified atom stereocenters. The number of ether oxygens (including phenoxy) is 2. The predicted molar refractivity (Wildman–Crippen MR) is 79.6 cm³/mol. The fourth-order valence-corrected chi connectivity index (χ4v) is 2.90. The third-order valence-corrected chi connectivity index (χ3v) is 3.89. The maximum Gasteiger partial charge on any atom is 0.179 e. The van der Waals surface area contributed by atoms with Crippen molar-refractivity contribution in [3.05, 3.63) is 22.7 Å². The molecule has 1 saturated heterocycles. The molecule has 1 aliphatic rings. The summed E-state index contributed by atoms with van der Waals surface area (Å²) in [5.41, 5.74) is 1.11. The molecule has 20 heavy (non-hydrogen) atoms. The number of nitrogens with zero attached hydrogens (tertiary/aromatic N) is 1. The molecule has 0 spiro atoms. The van der Waals surface area contributed by atoms with E-state index in [0.29, 0.717) is 29.0 Å². The lowest BCUT2D eigenvalue weighted by atomic mass is 10.1. The summed E-state index contributed by atoms with van der Waals surface area (Å²) in [5.74, 6) is 1.68. The van der Waals surface area contributed by atoms with E-state index in [0.717, 1.165) is 31.6 Å². The van der Waals surface area contributed by atoms with Gasteiger partial charge in [0.1, 0.15) is 0 Å². The highest BCUT2D eigenvalue weighted by molar-refractivity contribution is 6.32. The lowest BCUT2D eigenvalue weighted by Gasteiger charge is -2.18. The second-order valence-electron chi connectivity index (χ2n) is 5.11. The minimum Gasteiger partial charge on any atom is -0.493 e. The van der Waals surface area contributed by atoms with Crippen molar-refractivity contribution in [3.8, 4) is 11.5 Å². The standard InChI is InChI=1S/C15H22ClNO3/c1-3-20-15-13(16)6-12(7-14(15)19-2)9-17-5-4-11(8-17)10-18/h6-7,11,18H,3-5,8-10H2,1-2H3. The van der Waals surface area contributed by atoms with E-state index in [1.54, 1.807) is 7.11 Å². The van der Waals surface area contributed by atoms with Gasteiger partial charge in [-0.3, -0.25) is 4.90 Å². The SMILES string of the molecule is CCOc1c(Cl)cc(CN2CCC(CO)C2)cc1OC. The van der Waals surface area contributed by atoms with Crippen LogP contribution in [0.2, 0.25) is 5.02 Å². The smallest absolute Gasteiger partial charge is 0.179 e. The van der Waals surface area contributed by atoms with E-state index < -0.39 is 0 Å². The zero-order chi connectivity index (χ0) is 14.5. The molecule has 112 valence electrons. The third-order valence-electron chi connectivity index (χ3n) is 3.61. The summed E-state index contributed by atoms with van der Waals surface area (Å²) in [6.07, 6.45) is 1.05. The molecule has 1 aromatic rings. The summed E-state index contributed by atoms with van der Waals surface area (Å²) in [4.78, 5) is 2.33. The number of likely N-dealkylation sites (tertiary alicyclic amines) is 1. The second-order valence-corrected chi connectivity index (χ2v) is 5.52. The van der Waals surface area contributed by atoms with E-state index in [2.05, 4.69) is 4.90 Å². The van der Waals surface area contributed by atoms with Crippen LogP contribution in [0.5, 0.6) is 11.5 Å². The van der Waals surface area contributed by atoms with Crippen molar-refractivity contribution in [3.63, 3.8) is 0 Å². The first-order chi connectivity index (χ1) is 9.67. The summed E-state index contributed by atoms with van der Waals surface area (Å²) in [5, 5.41) is 9.77. The number of halogens is 1. The Kier molecular flexibility index (Phi) is 5.52. The van der Waals surface area contributed by atoms with E-state index in [1.165, 1.54) is 0 Å². The maximum absolute atomic E-state index is 9.19. The van der Waals surface area contributed by atoms with Gasteiger partial charge in [-0.05, 0) is 43.5 Å². The van der Waals surface area contributed by atoms with Crippen LogP contribution in [0, 0.1) is 5.92 Å². The van der Waals surface area contributed by atoms with Gasteiger partial charge in [0.2, 0.25) is 0 Å². The molecular weight excluding hydrogens is 278 g/mol. The Morgan fingerprint density at radius 2 is 2.25 bits per heavy atom. The molecule has 4 nitrogen and oxygen atoms in total. The molecule has 0 amide bonds. The topological polar surface area (TPSA) is 41.9 Å². The van der Waals surface area contributed by atoms with E-state index in [4.69, 9.17) is 21.1 Å². The molecule has 0 bridgehead atoms. The Hall–Kier alpha value is -0.970. The van der Waals surface area contributed by atoms with Gasteiger partial charge in [-0.15, -0.1) is 0 Å². The Bertz CT molecular complexity index is 453. The van der Waals surface area contributed by atoms with Gasteiger partial charge in [0.15, 0.2) is 11.5 Å². The molecule has 0 saturated carbocycles. The van der Waals surface area contributed by atoms with Gasteiger partial charge in [0.25, 0.3) is 0 Å². The minimum atomic E-state index is 0.268. The van der Waals surface area contributed by atoms with E-state index in [9.17, 15) is 5.11 Å². The fraction of sp³-hybridized carbons (Fsp3) is 0.600. The van der Waals surface area contributed by atoms with Crippen LogP contribution in [-0.2, 0) is 6.54 Å². The quantitative estimate of drug-likeness (QED) is 0.876. The van der Waals surface area contributed by atoms with Gasteiger partial charge in [0, 0.05) is 19.7 Å². The van der Waals surface area contributed by atoms with Crippen molar-refractivity contribution in [2.24, 2.45) is 5.92 Å². The number of aliphatic hydroxyl groups excluding tert-OH is 1. The van der Waals surface area contributed by atoms with Crippen LogP contribution in [-0.4, -0.2) is 43.4 Å². The first kappa shape index (κ1) is 15.4. The average molecular weight is 300 g/mol. The summed E-state index contributed by atoms with van der Waals surface area (Å²) >= 11 is 6.27. The molecular formula is C15H22ClNO3. The molecule has 5 heteroatoms. The summed E-state index contributed by atoms with van der Waals surface area (Å²) in [6.45, 7) is 5.51. The van der Waals surface area contributed by atoms with Gasteiger partial charge >= 0.3 is 0 Å². The number of aliphatic hydroxyl groups is 1. The highest BCUT2D eigenvalue weighted by Gasteiger charge is 2.22. The normalized spacial score (nSPS) is 19.3. The van der Waals surface area contributed by atoms with Gasteiger partial charge in [0.05, 0.1) is 18.7 Å². The van der Waals surface area contributed by atoms with E-state index >= 15 is 0 Å². The Morgan fingerprint density at radius 1 is 1.45 bits per heavy atom. The van der Waals surface area contributed by atoms with Crippen LogP contribution in [0.25, 0.3) is 0 Å². The van der Waals surface area contributed by atoms with Crippen molar-refractivity contribution >= 4 is 11.6 Å². The van der Waals surface area contributed by atoms with E-state index in [1.807, 2.05) is 19.1 Å². The van der Waals surface area contributed by atoms with Crippen molar-refractivity contribution in [2.45, 2.75) is 19.9 Å². The molecule has 1 fully saturated rings. The molecule has 0 aliphatic carbocycles. The van der Waals surface area contributed by atoms with Gasteiger partial charge in [-0.2, -0.15) is 0 Å². The summed E-state index contributed by atoms with van der Waals surface area (Å²) in [7, 11) is 1.62. The Morgan fingerprint density at radius 3 is 2.85 bits per heavy atom. The molecule has 0 radical (unpaired) electrons. The molecule has 1 aromatic carbocycles. The van der Waals surface area contributed by atoms with Gasteiger partial charge in [-0.1, -0.05) is 11.6 Å². The maximum atomic E-state index is 9.19. The second kappa shape index (κ2) is 7.16. The number of methoxy groups -OCH3 is 1. The van der Waals surface area contributed by atoms with Crippen molar-refractivity contribution in [1.82, 2.24) is 4.90 Å². The van der Waals surface area contributed by atoms with Crippen LogP contribution < -0.4 is 9.47 Å². The highest BCUT2D eigenvalue weighted by Crippen LogP contribution is 2.37. The zero-order valence-electron chi connectivity index (χ0n) is 12.1. The molecule has 1 atom stereocenters. The molecule has 1 N–H and O–H groups in total. The lowest BCUT2D eigenvalue weighted by Crippen LogP contribution is -2.21. The Balaban J connectivity index is 2.11. The number of hydrogen-bond donors (Lipinski definition) is 1. The highest BCUT2D eigenvalue weighted by atomic mass is 35.5. The predicted octanol–water partition coefficient (Wildman–Crippen LogP) is 2.56. The molecule has 1 heterocycles. The number of hydrogen-bond acceptors (Lipinski definition) is 4. The number of benzene rings is 1. The lowest BCUT2D eigenvalue weighted by molar-refractivity contribution is 0.220. The van der Waals surface area contributed by atoms with Crippen molar-refractivity contribution in [2.75, 3.05) is 33.4 Å². The Labute approximate surface area is 125 Å².